The number of fused-ring (bicyclic) bond motifs is 8. The van der Waals surface area contributed by atoms with Gasteiger partial charge in [0.25, 0.3) is 6.71 Å². The monoisotopic (exact) mass is 939 g/mol. The third kappa shape index (κ3) is 6.77. The SMILES string of the molecule is CC(C)(C)c1ccc(N2c3ccc(C(C)(C)C)cc3B3c4sc5cc6c(cc5c4N4c5ccc(C(C)(C)C)cc5-c5ccc7c(c5)C(C)(C)CCC7(C)Cc5cc2c3c4c5)C(C)(C)CCC6(C)C)cc1. The molecule has 2 aliphatic carbocycles. The van der Waals surface area contributed by atoms with E-state index in [0.717, 1.165) is 19.3 Å². The number of rotatable bonds is 1. The molecule has 6 aliphatic rings. The maximum Gasteiger partial charge on any atom is 0.264 e. The fraction of sp³-hybridized carbons (Fsp3) is 0.424. The number of hydrogen-bond acceptors (Lipinski definition) is 3. The van der Waals surface area contributed by atoms with Crippen molar-refractivity contribution in [3.8, 4) is 11.1 Å². The van der Waals surface area contributed by atoms with E-state index in [1.54, 1.807) is 0 Å². The molecule has 13 rings (SSSR count). The zero-order valence-corrected chi connectivity index (χ0v) is 46.0. The van der Waals surface area contributed by atoms with Gasteiger partial charge >= 0.3 is 0 Å². The van der Waals surface area contributed by atoms with Crippen LogP contribution in [0.15, 0.2) is 103 Å². The fourth-order valence-corrected chi connectivity index (χ4v) is 14.9. The third-order valence-electron chi connectivity index (χ3n) is 18.3. The molecule has 4 heteroatoms. The van der Waals surface area contributed by atoms with Crippen LogP contribution in [0, 0.1) is 0 Å². The summed E-state index contributed by atoms with van der Waals surface area (Å²) in [5, 5.41) is 1.40. The average Bonchev–Trinajstić information content (AvgIpc) is 3.66. The molecule has 0 saturated carbocycles. The van der Waals surface area contributed by atoms with Crippen molar-refractivity contribution in [2.45, 2.75) is 181 Å². The Morgan fingerprint density at radius 2 is 1.03 bits per heavy atom. The molecule has 2 nitrogen and oxygen atoms in total. The highest BCUT2D eigenvalue weighted by molar-refractivity contribution is 7.33. The van der Waals surface area contributed by atoms with Crippen LogP contribution in [0.5, 0.6) is 0 Å². The number of hydrogen-bond donors (Lipinski definition) is 0. The summed E-state index contributed by atoms with van der Waals surface area (Å²) in [5.41, 5.74) is 25.2. The Kier molecular flexibility index (Phi) is 9.57. The lowest BCUT2D eigenvalue weighted by molar-refractivity contribution is 0.310. The van der Waals surface area contributed by atoms with E-state index in [2.05, 4.69) is 235 Å². The largest absolute Gasteiger partial charge is 0.311 e. The summed E-state index contributed by atoms with van der Waals surface area (Å²) in [6, 6.07) is 42.9. The highest BCUT2D eigenvalue weighted by Gasteiger charge is 2.49. The second-order valence-electron chi connectivity index (χ2n) is 27.8. The molecule has 4 aliphatic heterocycles. The van der Waals surface area contributed by atoms with Crippen molar-refractivity contribution >= 4 is 78.0 Å². The molecule has 5 heterocycles. The van der Waals surface area contributed by atoms with Crippen LogP contribution in [-0.2, 0) is 44.3 Å². The number of benzene rings is 6. The molecule has 7 aromatic rings. The van der Waals surface area contributed by atoms with E-state index < -0.39 is 0 Å². The van der Waals surface area contributed by atoms with Crippen molar-refractivity contribution in [1.29, 1.82) is 0 Å². The Morgan fingerprint density at radius 3 is 1.66 bits per heavy atom. The molecule has 0 radical (unpaired) electrons. The molecule has 0 fully saturated rings. The van der Waals surface area contributed by atoms with Crippen molar-refractivity contribution in [3.63, 3.8) is 0 Å². The molecular weight excluding hydrogens is 864 g/mol. The molecule has 0 saturated heterocycles. The second-order valence-corrected chi connectivity index (χ2v) is 28.9. The molecule has 0 spiro atoms. The smallest absolute Gasteiger partial charge is 0.264 e. The highest BCUT2D eigenvalue weighted by Crippen LogP contribution is 2.56. The summed E-state index contributed by atoms with van der Waals surface area (Å²) >= 11 is 2.07. The van der Waals surface area contributed by atoms with Crippen molar-refractivity contribution in [2.24, 2.45) is 0 Å². The predicted octanol–water partition coefficient (Wildman–Crippen LogP) is 16.8. The van der Waals surface area contributed by atoms with Crippen LogP contribution in [-0.4, -0.2) is 6.71 Å². The topological polar surface area (TPSA) is 6.48 Å². The lowest BCUT2D eigenvalue weighted by atomic mass is 9.36. The van der Waals surface area contributed by atoms with E-state index >= 15 is 0 Å². The molecule has 1 unspecified atom stereocenters. The van der Waals surface area contributed by atoms with Crippen molar-refractivity contribution in [1.82, 2.24) is 0 Å². The lowest BCUT2D eigenvalue weighted by Gasteiger charge is -2.47. The van der Waals surface area contributed by atoms with Crippen LogP contribution in [0.25, 0.3) is 21.2 Å². The minimum Gasteiger partial charge on any atom is -0.311 e. The Morgan fingerprint density at radius 1 is 0.486 bits per heavy atom. The molecule has 6 aromatic carbocycles. The van der Waals surface area contributed by atoms with Crippen LogP contribution in [0.3, 0.4) is 0 Å². The quantitative estimate of drug-likeness (QED) is 0.151. The van der Waals surface area contributed by atoms with Gasteiger partial charge in [-0.2, -0.15) is 0 Å². The minimum atomic E-state index is -0.0242. The van der Waals surface area contributed by atoms with Gasteiger partial charge in [-0.05, 0) is 186 Å². The Bertz CT molecular complexity index is 3360. The minimum absolute atomic E-state index is 0.0172. The van der Waals surface area contributed by atoms with E-state index in [-0.39, 0.29) is 44.6 Å². The first kappa shape index (κ1) is 46.0. The van der Waals surface area contributed by atoms with Gasteiger partial charge in [-0.15, -0.1) is 11.3 Å². The van der Waals surface area contributed by atoms with Gasteiger partial charge in [-0.25, -0.2) is 0 Å². The summed E-state index contributed by atoms with van der Waals surface area (Å²) in [7, 11) is 0. The molecule has 70 heavy (non-hydrogen) atoms. The van der Waals surface area contributed by atoms with Crippen LogP contribution in [0.2, 0.25) is 0 Å². The van der Waals surface area contributed by atoms with Crippen molar-refractivity contribution in [2.75, 3.05) is 9.80 Å². The summed E-state index contributed by atoms with van der Waals surface area (Å²) < 4.78 is 2.87. The first-order valence-electron chi connectivity index (χ1n) is 26.6. The first-order valence-corrected chi connectivity index (χ1v) is 27.4. The number of thiophene rings is 1. The fourth-order valence-electron chi connectivity index (χ4n) is 13.5. The Labute approximate surface area is 425 Å². The van der Waals surface area contributed by atoms with Gasteiger partial charge in [0.05, 0.1) is 11.4 Å². The molecule has 1 aromatic heterocycles. The Hall–Kier alpha value is -5.06. The van der Waals surface area contributed by atoms with Crippen molar-refractivity contribution in [3.05, 3.63) is 148 Å². The van der Waals surface area contributed by atoms with Gasteiger partial charge < -0.3 is 9.80 Å². The standard InChI is InChI=1S/C66H75BN2S/c1-60(2,3)41-18-22-44(23-19-41)68-53-26-21-43(62(7,8)9)35-51(53)67-57-54(68)31-39-32-55(57)69(58-46-36-49-50(37-56(46)70-59(58)67)64(12,13)28-27-63(49,10)11)52-25-20-42(61(4,5)6)34-45(52)40-17-24-47-48(33-40)65(14,15)29-30-66(47,16)38-39/h17-26,31-37H,27-30,38H2,1-16H3. The molecule has 1 atom stereocenters. The maximum atomic E-state index is 2.80. The number of anilines is 6. The maximum absolute atomic E-state index is 2.80. The van der Waals surface area contributed by atoms with Gasteiger partial charge in [0, 0.05) is 43.2 Å². The van der Waals surface area contributed by atoms with E-state index in [0.29, 0.717) is 0 Å². The van der Waals surface area contributed by atoms with Crippen LogP contribution in [0.1, 0.15) is 181 Å². The summed E-state index contributed by atoms with van der Waals surface area (Å²) in [6.07, 6.45) is 5.69. The van der Waals surface area contributed by atoms with Crippen LogP contribution in [0.4, 0.5) is 34.1 Å². The molecule has 6 bridgehead atoms. The van der Waals surface area contributed by atoms with Gasteiger partial charge in [-0.3, -0.25) is 0 Å². The third-order valence-corrected chi connectivity index (χ3v) is 19.5. The van der Waals surface area contributed by atoms with Crippen molar-refractivity contribution < 1.29 is 0 Å². The van der Waals surface area contributed by atoms with E-state index in [9.17, 15) is 0 Å². The number of nitrogens with zero attached hydrogens (tertiary/aromatic N) is 2. The van der Waals surface area contributed by atoms with Gasteiger partial charge in [0.1, 0.15) is 0 Å². The molecular formula is C66H75BN2S. The highest BCUT2D eigenvalue weighted by atomic mass is 32.1. The predicted molar refractivity (Wildman–Crippen MR) is 306 cm³/mol. The van der Waals surface area contributed by atoms with E-state index in [1.165, 1.54) is 128 Å². The van der Waals surface area contributed by atoms with E-state index in [1.807, 2.05) is 0 Å². The lowest BCUT2D eigenvalue weighted by Crippen LogP contribution is -2.60. The summed E-state index contributed by atoms with van der Waals surface area (Å²) in [4.78, 5) is 5.46. The average molecular weight is 939 g/mol. The summed E-state index contributed by atoms with van der Waals surface area (Å²) in [6.45, 7) is 38.8. The molecule has 358 valence electrons. The zero-order chi connectivity index (χ0) is 49.6. The van der Waals surface area contributed by atoms with E-state index in [4.69, 9.17) is 0 Å². The molecule has 0 N–H and O–H groups in total. The second kappa shape index (κ2) is 14.6. The van der Waals surface area contributed by atoms with Gasteiger partial charge in [0.2, 0.25) is 0 Å². The van der Waals surface area contributed by atoms with Gasteiger partial charge in [0.15, 0.2) is 0 Å². The first-order chi connectivity index (χ1) is 32.6. The zero-order valence-electron chi connectivity index (χ0n) is 45.2. The van der Waals surface area contributed by atoms with Crippen LogP contribution < -0.4 is 25.5 Å². The normalized spacial score (nSPS) is 20.3. The Balaban J connectivity index is 1.26. The van der Waals surface area contributed by atoms with Crippen LogP contribution >= 0.6 is 11.3 Å². The molecule has 0 amide bonds. The summed E-state index contributed by atoms with van der Waals surface area (Å²) in [5.74, 6) is 0. The van der Waals surface area contributed by atoms with Gasteiger partial charge in [-0.1, -0.05) is 159 Å².